The van der Waals surface area contributed by atoms with Gasteiger partial charge in [0.15, 0.2) is 0 Å². The monoisotopic (exact) mass is 334 g/mol. The minimum Gasteiger partial charge on any atom is -0.358 e. The van der Waals surface area contributed by atoms with Crippen molar-refractivity contribution in [3.05, 3.63) is 32.7 Å². The summed E-state index contributed by atoms with van der Waals surface area (Å²) in [4.78, 5) is 10.9. The molecule has 0 saturated heterocycles. The van der Waals surface area contributed by atoms with Crippen molar-refractivity contribution < 1.29 is 4.79 Å². The SMILES string of the molecule is CNC(=O)CNCc1ccc(Br)c(Br)c1. The van der Waals surface area contributed by atoms with Crippen LogP contribution in [0.3, 0.4) is 0 Å². The Bertz CT molecular complexity index is 355. The average Bonchev–Trinajstić information content (AvgIpc) is 2.23. The number of rotatable bonds is 4. The lowest BCUT2D eigenvalue weighted by Crippen LogP contribution is -2.30. The number of hydrogen-bond acceptors (Lipinski definition) is 2. The molecule has 3 nitrogen and oxygen atoms in total. The highest BCUT2D eigenvalue weighted by Crippen LogP contribution is 2.23. The zero-order chi connectivity index (χ0) is 11.3. The molecule has 1 aromatic rings. The van der Waals surface area contributed by atoms with Crippen LogP contribution in [0.5, 0.6) is 0 Å². The van der Waals surface area contributed by atoms with Gasteiger partial charge in [0.25, 0.3) is 0 Å². The average molecular weight is 336 g/mol. The second-order valence-electron chi connectivity index (χ2n) is 3.03. The molecule has 82 valence electrons. The topological polar surface area (TPSA) is 41.1 Å². The zero-order valence-corrected chi connectivity index (χ0v) is 11.5. The van der Waals surface area contributed by atoms with Crippen LogP contribution < -0.4 is 10.6 Å². The highest BCUT2D eigenvalue weighted by atomic mass is 79.9. The van der Waals surface area contributed by atoms with Gasteiger partial charge in [-0.15, -0.1) is 0 Å². The van der Waals surface area contributed by atoms with Gasteiger partial charge in [-0.3, -0.25) is 4.79 Å². The molecule has 5 heteroatoms. The van der Waals surface area contributed by atoms with Gasteiger partial charge in [0.2, 0.25) is 5.91 Å². The summed E-state index contributed by atoms with van der Waals surface area (Å²) in [6.07, 6.45) is 0. The smallest absolute Gasteiger partial charge is 0.233 e. The van der Waals surface area contributed by atoms with Crippen LogP contribution in [0.2, 0.25) is 0 Å². The maximum atomic E-state index is 10.9. The molecule has 0 spiro atoms. The summed E-state index contributed by atoms with van der Waals surface area (Å²) in [5.41, 5.74) is 1.13. The molecule has 0 aromatic heterocycles. The van der Waals surface area contributed by atoms with Crippen LogP contribution in [0.1, 0.15) is 5.56 Å². The van der Waals surface area contributed by atoms with Crippen molar-refractivity contribution in [2.24, 2.45) is 0 Å². The van der Waals surface area contributed by atoms with Crippen LogP contribution in [-0.2, 0) is 11.3 Å². The van der Waals surface area contributed by atoms with Crippen LogP contribution in [0.4, 0.5) is 0 Å². The minimum atomic E-state index is -0.00817. The van der Waals surface area contributed by atoms with Crippen molar-refractivity contribution >= 4 is 37.8 Å². The summed E-state index contributed by atoms with van der Waals surface area (Å²) >= 11 is 6.83. The van der Waals surface area contributed by atoms with E-state index < -0.39 is 0 Å². The van der Waals surface area contributed by atoms with Crippen molar-refractivity contribution in [1.29, 1.82) is 0 Å². The van der Waals surface area contributed by atoms with Gasteiger partial charge in [-0.25, -0.2) is 0 Å². The Morgan fingerprint density at radius 3 is 2.67 bits per heavy atom. The third-order valence-corrected chi connectivity index (χ3v) is 3.76. The van der Waals surface area contributed by atoms with E-state index in [-0.39, 0.29) is 5.91 Å². The molecule has 0 radical (unpaired) electrons. The predicted octanol–water partition coefficient (Wildman–Crippen LogP) is 2.05. The van der Waals surface area contributed by atoms with Crippen molar-refractivity contribution in [1.82, 2.24) is 10.6 Å². The molecule has 0 unspecified atom stereocenters. The fourth-order valence-corrected chi connectivity index (χ4v) is 1.73. The van der Waals surface area contributed by atoms with Gasteiger partial charge in [-0.2, -0.15) is 0 Å². The van der Waals surface area contributed by atoms with Crippen molar-refractivity contribution in [3.8, 4) is 0 Å². The van der Waals surface area contributed by atoms with E-state index in [2.05, 4.69) is 42.5 Å². The summed E-state index contributed by atoms with van der Waals surface area (Å²) in [6.45, 7) is 1.02. The normalized spacial score (nSPS) is 10.1. The van der Waals surface area contributed by atoms with Crippen LogP contribution in [-0.4, -0.2) is 19.5 Å². The van der Waals surface area contributed by atoms with Gasteiger partial charge >= 0.3 is 0 Å². The fourth-order valence-electron chi connectivity index (χ4n) is 1.06. The lowest BCUT2D eigenvalue weighted by atomic mass is 10.2. The third-order valence-electron chi connectivity index (χ3n) is 1.88. The summed E-state index contributed by atoms with van der Waals surface area (Å²) < 4.78 is 2.04. The lowest BCUT2D eigenvalue weighted by molar-refractivity contribution is -0.119. The summed E-state index contributed by atoms with van der Waals surface area (Å²) in [5, 5.41) is 5.60. The molecule has 0 heterocycles. The Balaban J connectivity index is 2.44. The highest BCUT2D eigenvalue weighted by Gasteiger charge is 2.00. The first kappa shape index (κ1) is 12.7. The molecule has 2 N–H and O–H groups in total. The molecule has 15 heavy (non-hydrogen) atoms. The zero-order valence-electron chi connectivity index (χ0n) is 8.31. The van der Waals surface area contributed by atoms with Gasteiger partial charge < -0.3 is 10.6 Å². The van der Waals surface area contributed by atoms with Crippen LogP contribution in [0.25, 0.3) is 0 Å². The van der Waals surface area contributed by atoms with Gasteiger partial charge in [-0.05, 0) is 49.6 Å². The van der Waals surface area contributed by atoms with Gasteiger partial charge in [-0.1, -0.05) is 6.07 Å². The molecule has 0 fully saturated rings. The first-order valence-corrected chi connectivity index (χ1v) is 6.07. The van der Waals surface area contributed by atoms with Crippen LogP contribution in [0.15, 0.2) is 27.1 Å². The van der Waals surface area contributed by atoms with Gasteiger partial charge in [0, 0.05) is 22.5 Å². The number of carbonyl (C=O) groups is 1. The van der Waals surface area contributed by atoms with Crippen molar-refractivity contribution in [2.75, 3.05) is 13.6 Å². The lowest BCUT2D eigenvalue weighted by Gasteiger charge is -2.05. The third kappa shape index (κ3) is 4.32. The number of carbonyl (C=O) groups excluding carboxylic acids is 1. The quantitative estimate of drug-likeness (QED) is 0.884. The Labute approximate surface area is 106 Å². The van der Waals surface area contributed by atoms with E-state index in [1.165, 1.54) is 0 Å². The predicted molar refractivity (Wildman–Crippen MR) is 67.6 cm³/mol. The molecule has 1 aromatic carbocycles. The van der Waals surface area contributed by atoms with Crippen molar-refractivity contribution in [3.63, 3.8) is 0 Å². The molecule has 1 amide bonds. The Morgan fingerprint density at radius 1 is 1.33 bits per heavy atom. The van der Waals surface area contributed by atoms with E-state index in [0.29, 0.717) is 13.1 Å². The first-order valence-electron chi connectivity index (χ1n) is 4.48. The maximum Gasteiger partial charge on any atom is 0.233 e. The second kappa shape index (κ2) is 6.25. The van der Waals surface area contributed by atoms with Gasteiger partial charge in [0.05, 0.1) is 6.54 Å². The Morgan fingerprint density at radius 2 is 2.07 bits per heavy atom. The molecule has 0 aliphatic carbocycles. The van der Waals surface area contributed by atoms with Crippen LogP contribution >= 0.6 is 31.9 Å². The van der Waals surface area contributed by atoms with E-state index in [9.17, 15) is 4.79 Å². The van der Waals surface area contributed by atoms with Crippen molar-refractivity contribution in [2.45, 2.75) is 6.54 Å². The number of likely N-dealkylation sites (N-methyl/N-ethyl adjacent to an activating group) is 1. The molecule has 0 atom stereocenters. The molecular formula is C10H12Br2N2O. The Kier molecular flexibility index (Phi) is 5.28. The number of amides is 1. The number of halogens is 2. The number of hydrogen-bond donors (Lipinski definition) is 2. The minimum absolute atomic E-state index is 0.00817. The molecule has 1 rings (SSSR count). The highest BCUT2D eigenvalue weighted by molar-refractivity contribution is 9.13. The standard InChI is InChI=1S/C10H12Br2N2O/c1-13-10(15)6-14-5-7-2-3-8(11)9(12)4-7/h2-4,14H,5-6H2,1H3,(H,13,15). The Hall–Kier alpha value is -0.390. The summed E-state index contributed by atoms with van der Waals surface area (Å²) in [7, 11) is 1.63. The maximum absolute atomic E-state index is 10.9. The summed E-state index contributed by atoms with van der Waals surface area (Å²) in [5.74, 6) is -0.00817. The van der Waals surface area contributed by atoms with E-state index in [0.717, 1.165) is 14.5 Å². The molecule has 0 aliphatic rings. The number of benzene rings is 1. The van der Waals surface area contributed by atoms with E-state index in [1.54, 1.807) is 7.05 Å². The van der Waals surface area contributed by atoms with Crippen LogP contribution in [0, 0.1) is 0 Å². The first-order chi connectivity index (χ1) is 7.13. The fraction of sp³-hybridized carbons (Fsp3) is 0.300. The number of nitrogens with one attached hydrogen (secondary N) is 2. The summed E-state index contributed by atoms with van der Waals surface area (Å²) in [6, 6.07) is 5.99. The van der Waals surface area contributed by atoms with Gasteiger partial charge in [0.1, 0.15) is 0 Å². The van der Waals surface area contributed by atoms with E-state index >= 15 is 0 Å². The largest absolute Gasteiger partial charge is 0.358 e. The van der Waals surface area contributed by atoms with E-state index in [4.69, 9.17) is 0 Å². The van der Waals surface area contributed by atoms with E-state index in [1.807, 2.05) is 18.2 Å². The molecular weight excluding hydrogens is 324 g/mol. The molecule has 0 bridgehead atoms. The molecule has 0 saturated carbocycles. The second-order valence-corrected chi connectivity index (χ2v) is 4.73. The molecule has 0 aliphatic heterocycles.